The number of nitrogens with zero attached hydrogens (tertiary/aromatic N) is 2. The Morgan fingerprint density at radius 2 is 1.71 bits per heavy atom. The first-order valence-corrected chi connectivity index (χ1v) is 14.4. The van der Waals surface area contributed by atoms with E-state index in [1.807, 2.05) is 0 Å². The minimum atomic E-state index is 0.129. The van der Waals surface area contributed by atoms with Crippen molar-refractivity contribution in [1.29, 1.82) is 0 Å². The standard InChI is InChI=1S/C33H43N3O2/c1-33(2,3)29-11-9-26(10-12-29)31-22-30(35-38-31)20-28-23-34-16-13-27(28)21-32(37)36-17-14-25(15-18-36)19-24-7-5-4-6-8-24/h4-12,22,25,27-28,34H,13-21,23H2,1-3H3. The molecular weight excluding hydrogens is 470 g/mol. The molecule has 0 radical (unpaired) electrons. The lowest BCUT2D eigenvalue weighted by Gasteiger charge is -2.36. The maximum absolute atomic E-state index is 13.3. The average Bonchev–Trinajstić information content (AvgIpc) is 3.39. The summed E-state index contributed by atoms with van der Waals surface area (Å²) in [6, 6.07) is 21.4. The van der Waals surface area contributed by atoms with Crippen molar-refractivity contribution in [2.75, 3.05) is 26.2 Å². The van der Waals surface area contributed by atoms with E-state index in [0.717, 1.165) is 75.3 Å². The largest absolute Gasteiger partial charge is 0.356 e. The van der Waals surface area contributed by atoms with Gasteiger partial charge in [0.05, 0.1) is 5.69 Å². The molecule has 1 N–H and O–H groups in total. The maximum Gasteiger partial charge on any atom is 0.222 e. The number of carbonyl (C=O) groups is 1. The molecule has 2 aliphatic rings. The van der Waals surface area contributed by atoms with Gasteiger partial charge in [-0.2, -0.15) is 0 Å². The summed E-state index contributed by atoms with van der Waals surface area (Å²) >= 11 is 0. The number of carbonyl (C=O) groups excluding carboxylic acids is 1. The predicted molar refractivity (Wildman–Crippen MR) is 153 cm³/mol. The molecule has 5 nitrogen and oxygen atoms in total. The van der Waals surface area contributed by atoms with Gasteiger partial charge in [0.1, 0.15) is 0 Å². The molecule has 0 spiro atoms. The summed E-state index contributed by atoms with van der Waals surface area (Å²) in [5.41, 5.74) is 4.88. The van der Waals surface area contributed by atoms with Gasteiger partial charge in [0, 0.05) is 31.1 Å². The Bertz CT molecular complexity index is 1170. The highest BCUT2D eigenvalue weighted by atomic mass is 16.5. The van der Waals surface area contributed by atoms with Crippen LogP contribution in [0.3, 0.4) is 0 Å². The Morgan fingerprint density at radius 3 is 2.42 bits per heavy atom. The van der Waals surface area contributed by atoms with Crippen molar-refractivity contribution in [1.82, 2.24) is 15.4 Å². The van der Waals surface area contributed by atoms with Crippen LogP contribution in [0.25, 0.3) is 11.3 Å². The van der Waals surface area contributed by atoms with Gasteiger partial charge in [0.15, 0.2) is 5.76 Å². The molecule has 2 unspecified atom stereocenters. The third-order valence-corrected chi connectivity index (χ3v) is 8.60. The van der Waals surface area contributed by atoms with E-state index in [1.165, 1.54) is 11.1 Å². The second-order valence-corrected chi connectivity index (χ2v) is 12.4. The van der Waals surface area contributed by atoms with Gasteiger partial charge in [-0.1, -0.05) is 80.5 Å². The van der Waals surface area contributed by atoms with Gasteiger partial charge in [-0.15, -0.1) is 0 Å². The summed E-state index contributed by atoms with van der Waals surface area (Å²) in [7, 11) is 0. The van der Waals surface area contributed by atoms with Crippen LogP contribution in [0.1, 0.15) is 63.3 Å². The molecule has 2 saturated heterocycles. The van der Waals surface area contributed by atoms with Gasteiger partial charge < -0.3 is 14.7 Å². The Kier molecular flexibility index (Phi) is 8.32. The summed E-state index contributed by atoms with van der Waals surface area (Å²) in [4.78, 5) is 15.4. The number of aromatic nitrogens is 1. The lowest BCUT2D eigenvalue weighted by Crippen LogP contribution is -2.43. The number of hydrogen-bond acceptors (Lipinski definition) is 4. The smallest absolute Gasteiger partial charge is 0.222 e. The number of amides is 1. The average molecular weight is 514 g/mol. The van der Waals surface area contributed by atoms with Crippen LogP contribution in [-0.2, 0) is 23.1 Å². The molecule has 2 aromatic carbocycles. The van der Waals surface area contributed by atoms with Crippen molar-refractivity contribution in [3.05, 3.63) is 77.5 Å². The van der Waals surface area contributed by atoms with Crippen LogP contribution in [-0.4, -0.2) is 42.1 Å². The van der Waals surface area contributed by atoms with Crippen LogP contribution in [0.4, 0.5) is 0 Å². The van der Waals surface area contributed by atoms with Gasteiger partial charge >= 0.3 is 0 Å². The SMILES string of the molecule is CC(C)(C)c1ccc(-c2cc(CC3CNCCC3CC(=O)N3CCC(Cc4ccccc4)CC3)no2)cc1. The molecule has 0 saturated carbocycles. The zero-order valence-electron chi connectivity index (χ0n) is 23.3. The molecule has 202 valence electrons. The fourth-order valence-electron chi connectivity index (χ4n) is 6.12. The Labute approximate surface area is 228 Å². The van der Waals surface area contributed by atoms with Crippen LogP contribution >= 0.6 is 0 Å². The first-order valence-electron chi connectivity index (χ1n) is 14.4. The second-order valence-electron chi connectivity index (χ2n) is 12.4. The van der Waals surface area contributed by atoms with Crippen LogP contribution in [0.5, 0.6) is 0 Å². The van der Waals surface area contributed by atoms with Gasteiger partial charge in [0.25, 0.3) is 0 Å². The monoisotopic (exact) mass is 513 g/mol. The molecular formula is C33H43N3O2. The Morgan fingerprint density at radius 1 is 0.974 bits per heavy atom. The summed E-state index contributed by atoms with van der Waals surface area (Å²) in [5.74, 6) is 2.61. The molecule has 3 aromatic rings. The van der Waals surface area contributed by atoms with Crippen molar-refractivity contribution in [3.63, 3.8) is 0 Å². The summed E-state index contributed by atoms with van der Waals surface area (Å²) < 4.78 is 5.74. The minimum Gasteiger partial charge on any atom is -0.356 e. The Balaban J connectivity index is 1.14. The molecule has 1 amide bonds. The highest BCUT2D eigenvalue weighted by molar-refractivity contribution is 5.76. The number of rotatable bonds is 7. The van der Waals surface area contributed by atoms with Crippen molar-refractivity contribution >= 4 is 5.91 Å². The molecule has 5 rings (SSSR count). The maximum atomic E-state index is 13.3. The third kappa shape index (κ3) is 6.74. The van der Waals surface area contributed by atoms with Crippen molar-refractivity contribution in [3.8, 4) is 11.3 Å². The highest BCUT2D eigenvalue weighted by Gasteiger charge is 2.31. The number of benzene rings is 2. The number of likely N-dealkylation sites (tertiary alicyclic amines) is 1. The number of hydrogen-bond donors (Lipinski definition) is 1. The molecule has 5 heteroatoms. The summed E-state index contributed by atoms with van der Waals surface area (Å²) in [6.45, 7) is 10.4. The van der Waals surface area contributed by atoms with Gasteiger partial charge in [0.2, 0.25) is 5.91 Å². The van der Waals surface area contributed by atoms with Gasteiger partial charge in [-0.05, 0) is 79.5 Å². The van der Waals surface area contributed by atoms with Gasteiger partial charge in [-0.3, -0.25) is 4.79 Å². The van der Waals surface area contributed by atoms with Crippen molar-refractivity contribution < 1.29 is 9.32 Å². The molecule has 3 heterocycles. The van der Waals surface area contributed by atoms with E-state index in [2.05, 4.69) is 96.8 Å². The number of piperidine rings is 2. The van der Waals surface area contributed by atoms with Crippen LogP contribution < -0.4 is 5.32 Å². The van der Waals surface area contributed by atoms with Crippen LogP contribution in [0.2, 0.25) is 0 Å². The van der Waals surface area contributed by atoms with E-state index in [4.69, 9.17) is 4.52 Å². The van der Waals surface area contributed by atoms with E-state index in [9.17, 15) is 4.79 Å². The molecule has 2 fully saturated rings. The van der Waals surface area contributed by atoms with E-state index < -0.39 is 0 Å². The van der Waals surface area contributed by atoms with Crippen molar-refractivity contribution in [2.24, 2.45) is 17.8 Å². The highest BCUT2D eigenvalue weighted by Crippen LogP contribution is 2.31. The lowest BCUT2D eigenvalue weighted by molar-refractivity contribution is -0.134. The van der Waals surface area contributed by atoms with Crippen molar-refractivity contribution in [2.45, 2.75) is 64.7 Å². The molecule has 0 aliphatic carbocycles. The van der Waals surface area contributed by atoms with Crippen LogP contribution in [0, 0.1) is 17.8 Å². The number of nitrogens with one attached hydrogen (secondary N) is 1. The molecule has 0 bridgehead atoms. The van der Waals surface area contributed by atoms with E-state index in [0.29, 0.717) is 30.1 Å². The fourth-order valence-corrected chi connectivity index (χ4v) is 6.12. The van der Waals surface area contributed by atoms with Crippen LogP contribution in [0.15, 0.2) is 65.2 Å². The minimum absolute atomic E-state index is 0.129. The molecule has 38 heavy (non-hydrogen) atoms. The quantitative estimate of drug-likeness (QED) is 0.404. The second kappa shape index (κ2) is 11.9. The summed E-state index contributed by atoms with van der Waals surface area (Å²) in [5, 5.41) is 7.95. The topological polar surface area (TPSA) is 58.4 Å². The van der Waals surface area contributed by atoms with Gasteiger partial charge in [-0.25, -0.2) is 0 Å². The first kappa shape index (κ1) is 26.7. The van der Waals surface area contributed by atoms with E-state index in [1.54, 1.807) is 0 Å². The zero-order chi connectivity index (χ0) is 26.5. The Hall–Kier alpha value is -2.92. The van der Waals surface area contributed by atoms with E-state index >= 15 is 0 Å². The van der Waals surface area contributed by atoms with E-state index in [-0.39, 0.29) is 5.41 Å². The first-order chi connectivity index (χ1) is 18.3. The summed E-state index contributed by atoms with van der Waals surface area (Å²) in [6.07, 6.45) is 5.87. The third-order valence-electron chi connectivity index (χ3n) is 8.60. The molecule has 2 atom stereocenters. The molecule has 2 aliphatic heterocycles. The fraction of sp³-hybridized carbons (Fsp3) is 0.515. The lowest BCUT2D eigenvalue weighted by atomic mass is 9.80. The predicted octanol–water partition coefficient (Wildman–Crippen LogP) is 6.28. The zero-order valence-corrected chi connectivity index (χ0v) is 23.3. The molecule has 1 aromatic heterocycles. The normalized spacial score (nSPS) is 21.0.